The molecule has 13 heteroatoms. The van der Waals surface area contributed by atoms with Gasteiger partial charge in [-0.15, -0.1) is 0 Å². The van der Waals surface area contributed by atoms with Gasteiger partial charge in [0.2, 0.25) is 0 Å². The molecule has 1 fully saturated rings. The minimum atomic E-state index is -4.55. The normalized spacial score (nSPS) is 13.7. The second-order valence-corrected chi connectivity index (χ2v) is 20.9. The van der Waals surface area contributed by atoms with Gasteiger partial charge in [-0.1, -0.05) is 79.6 Å². The number of hydrogen-bond donors (Lipinski definition) is 0. The first-order chi connectivity index (χ1) is 35.6. The van der Waals surface area contributed by atoms with Gasteiger partial charge < -0.3 is 38.2 Å². The van der Waals surface area contributed by atoms with Crippen molar-refractivity contribution in [3.05, 3.63) is 182 Å². The van der Waals surface area contributed by atoms with Crippen LogP contribution in [-0.4, -0.2) is 53.2 Å². The SMILES string of the molecule is COc1ccc(N(c2ccc(OC)cc2)c2ccc(-c3cccc4c3Sc3c(-c5ccc(N(c6ccc(OC)cc6)c6ccc(OC)cc6)cc5)cccc3N4CCC(C3CCCCC3)S(=O)(=O)[O-])cc2)cc1.[Na+]. The van der Waals surface area contributed by atoms with Crippen LogP contribution in [0, 0.1) is 5.92 Å². The van der Waals surface area contributed by atoms with Crippen molar-refractivity contribution in [2.24, 2.45) is 5.92 Å². The maximum Gasteiger partial charge on any atom is 1.00 e. The molecular weight excluding hydrogens is 974 g/mol. The van der Waals surface area contributed by atoms with E-state index < -0.39 is 15.4 Å². The number of benzene rings is 8. The zero-order chi connectivity index (χ0) is 50.5. The topological polar surface area (TPSA) is 104 Å². The van der Waals surface area contributed by atoms with E-state index >= 15 is 0 Å². The number of anilines is 8. The fourth-order valence-electron chi connectivity index (χ4n) is 10.4. The first kappa shape index (κ1) is 52.5. The maximum atomic E-state index is 13.1. The van der Waals surface area contributed by atoms with Gasteiger partial charge in [0.25, 0.3) is 0 Å². The summed E-state index contributed by atoms with van der Waals surface area (Å²) in [5.74, 6) is 2.95. The van der Waals surface area contributed by atoms with Crippen molar-refractivity contribution in [3.8, 4) is 45.3 Å². The predicted octanol–water partition coefficient (Wildman–Crippen LogP) is 12.5. The molecule has 0 amide bonds. The molecule has 1 aliphatic heterocycles. The van der Waals surface area contributed by atoms with Gasteiger partial charge in [0.1, 0.15) is 23.0 Å². The molecule has 1 heterocycles. The Morgan fingerprint density at radius 2 is 0.824 bits per heavy atom. The van der Waals surface area contributed by atoms with Crippen LogP contribution in [0.1, 0.15) is 38.5 Å². The van der Waals surface area contributed by atoms with E-state index in [1.54, 1.807) is 40.2 Å². The Hall–Kier alpha value is -6.38. The molecule has 0 bridgehead atoms. The van der Waals surface area contributed by atoms with Crippen LogP contribution in [0.3, 0.4) is 0 Å². The summed E-state index contributed by atoms with van der Waals surface area (Å²) in [6.07, 6.45) is 4.72. The Bertz CT molecular complexity index is 2980. The minimum absolute atomic E-state index is 0. The van der Waals surface area contributed by atoms with Crippen molar-refractivity contribution >= 4 is 67.4 Å². The first-order valence-electron chi connectivity index (χ1n) is 24.7. The summed E-state index contributed by atoms with van der Waals surface area (Å²) in [6, 6.07) is 62.0. The maximum absolute atomic E-state index is 13.1. The van der Waals surface area contributed by atoms with Crippen LogP contribution in [0.15, 0.2) is 192 Å². The second kappa shape index (κ2) is 23.4. The Morgan fingerprint density at radius 3 is 1.14 bits per heavy atom. The van der Waals surface area contributed by atoms with Gasteiger partial charge in [-0.05, 0) is 181 Å². The van der Waals surface area contributed by atoms with Crippen LogP contribution < -0.4 is 63.2 Å². The summed E-state index contributed by atoms with van der Waals surface area (Å²) in [7, 11) is 2.11. The molecule has 74 heavy (non-hydrogen) atoms. The molecular formula is C61H58N3NaO7S2. The minimum Gasteiger partial charge on any atom is -0.748 e. The fourth-order valence-corrected chi connectivity index (χ4v) is 12.9. The molecule has 0 spiro atoms. The number of nitrogens with zero attached hydrogens (tertiary/aromatic N) is 3. The third-order valence-corrected chi connectivity index (χ3v) is 16.8. The molecule has 2 aliphatic rings. The Balaban J connectivity index is 0.00000672. The van der Waals surface area contributed by atoms with Gasteiger partial charge >= 0.3 is 29.6 Å². The van der Waals surface area contributed by atoms with Gasteiger partial charge in [-0.25, -0.2) is 8.42 Å². The summed E-state index contributed by atoms with van der Waals surface area (Å²) in [5.41, 5.74) is 11.9. The van der Waals surface area contributed by atoms with Crippen LogP contribution in [0.4, 0.5) is 45.5 Å². The fraction of sp³-hybridized carbons (Fsp3) is 0.213. The monoisotopic (exact) mass is 1030 g/mol. The van der Waals surface area contributed by atoms with E-state index in [2.05, 4.69) is 99.6 Å². The van der Waals surface area contributed by atoms with E-state index in [0.29, 0.717) is 6.54 Å². The van der Waals surface area contributed by atoms with Crippen LogP contribution in [0.2, 0.25) is 0 Å². The van der Waals surface area contributed by atoms with Crippen molar-refractivity contribution in [1.29, 1.82) is 0 Å². The largest absolute Gasteiger partial charge is 1.00 e. The molecule has 8 aromatic rings. The van der Waals surface area contributed by atoms with E-state index in [4.69, 9.17) is 18.9 Å². The summed E-state index contributed by atoms with van der Waals surface area (Å²) >= 11 is 1.73. The van der Waals surface area contributed by atoms with E-state index in [1.807, 2.05) is 97.1 Å². The van der Waals surface area contributed by atoms with Crippen molar-refractivity contribution in [2.75, 3.05) is 49.7 Å². The third kappa shape index (κ3) is 11.2. The first-order valence-corrected chi connectivity index (χ1v) is 27.0. The summed E-state index contributed by atoms with van der Waals surface area (Å²) < 4.78 is 61.3. The summed E-state index contributed by atoms with van der Waals surface area (Å²) in [6.45, 7) is 0.366. The summed E-state index contributed by atoms with van der Waals surface area (Å²) in [5, 5.41) is -0.959. The standard InChI is InChI=1S/C61H59N3O7S2.Na/c1-68-51-32-24-47(25-33-51)63(48-26-34-52(69-2)35-27-48)45-20-16-42(17-21-45)55-12-8-14-57-60(55)72-61-56(13-9-15-58(61)62(57)41-40-59(73(65,66)67)44-10-6-5-7-11-44)43-18-22-46(23-19-43)64(49-28-36-53(70-3)37-29-49)50-30-38-54(71-4)39-31-50;/h8-9,12-39,44,59H,5-7,10-11,40-41H2,1-4H3,(H,65,66,67);/q;+1/p-1. The molecule has 1 saturated carbocycles. The van der Waals surface area contributed by atoms with Crippen molar-refractivity contribution in [3.63, 3.8) is 0 Å². The third-order valence-electron chi connectivity index (χ3n) is 14.2. The molecule has 372 valence electrons. The van der Waals surface area contributed by atoms with Crippen LogP contribution in [-0.2, 0) is 10.1 Å². The van der Waals surface area contributed by atoms with E-state index in [0.717, 1.165) is 133 Å². The Labute approximate surface area is 461 Å². The summed E-state index contributed by atoms with van der Waals surface area (Å²) in [4.78, 5) is 8.76. The van der Waals surface area contributed by atoms with Gasteiger partial charge in [0, 0.05) is 50.5 Å². The van der Waals surface area contributed by atoms with E-state index in [-0.39, 0.29) is 41.9 Å². The van der Waals surface area contributed by atoms with Crippen LogP contribution >= 0.6 is 11.8 Å². The van der Waals surface area contributed by atoms with Crippen molar-refractivity contribution in [1.82, 2.24) is 0 Å². The van der Waals surface area contributed by atoms with Crippen molar-refractivity contribution in [2.45, 2.75) is 53.6 Å². The van der Waals surface area contributed by atoms with Crippen LogP contribution in [0.5, 0.6) is 23.0 Å². The number of rotatable bonds is 17. The average Bonchev–Trinajstić information content (AvgIpc) is 3.44. The zero-order valence-electron chi connectivity index (χ0n) is 42.4. The molecule has 0 aromatic heterocycles. The molecule has 10 nitrogen and oxygen atoms in total. The molecule has 0 saturated heterocycles. The average molecular weight is 1030 g/mol. The molecule has 10 rings (SSSR count). The number of fused-ring (bicyclic) bond motifs is 2. The molecule has 1 unspecified atom stereocenters. The van der Waals surface area contributed by atoms with Crippen LogP contribution in [0.25, 0.3) is 22.3 Å². The number of hydrogen-bond acceptors (Lipinski definition) is 11. The van der Waals surface area contributed by atoms with Gasteiger partial charge in [-0.2, -0.15) is 0 Å². The van der Waals surface area contributed by atoms with Gasteiger partial charge in [0.05, 0.1) is 55.2 Å². The van der Waals surface area contributed by atoms with Gasteiger partial charge in [0.15, 0.2) is 0 Å². The molecule has 1 atom stereocenters. The zero-order valence-corrected chi connectivity index (χ0v) is 46.1. The number of methoxy groups -OCH3 is 4. The van der Waals surface area contributed by atoms with Gasteiger partial charge in [-0.3, -0.25) is 0 Å². The molecule has 0 radical (unpaired) electrons. The number of ether oxygens (including phenoxy) is 4. The Kier molecular flexibility index (Phi) is 16.6. The predicted molar refractivity (Wildman–Crippen MR) is 295 cm³/mol. The van der Waals surface area contributed by atoms with Crippen molar-refractivity contribution < 1.29 is 61.5 Å². The van der Waals surface area contributed by atoms with E-state index in [9.17, 15) is 13.0 Å². The Morgan fingerprint density at radius 1 is 0.500 bits per heavy atom. The van der Waals surface area contributed by atoms with E-state index in [1.165, 1.54) is 0 Å². The molecule has 0 N–H and O–H groups in total. The molecule has 8 aromatic carbocycles. The quantitative estimate of drug-likeness (QED) is 0.0643. The molecule has 1 aliphatic carbocycles. The smallest absolute Gasteiger partial charge is 0.748 e. The second-order valence-electron chi connectivity index (χ2n) is 18.3.